The smallest absolute Gasteiger partial charge is 0.254 e. The largest absolute Gasteiger partial charge is 0.329 e. The summed E-state index contributed by atoms with van der Waals surface area (Å²) in [5.74, 6) is -0.611. The molecule has 4 aromatic rings. The molecule has 0 unspecified atom stereocenters. The molecule has 0 radical (unpaired) electrons. The first-order valence-electron chi connectivity index (χ1n) is 12.3. The average Bonchev–Trinajstić information content (AvgIpc) is 3.29. The lowest BCUT2D eigenvalue weighted by Crippen LogP contribution is -2.40. The number of hydrogen-bond acceptors (Lipinski definition) is 3. The van der Waals surface area contributed by atoms with E-state index in [1.807, 2.05) is 87.0 Å². The highest BCUT2D eigenvalue weighted by Crippen LogP contribution is 2.25. The Kier molecular flexibility index (Phi) is 7.82. The molecule has 0 spiro atoms. The molecule has 1 N–H and O–H groups in total. The van der Waals surface area contributed by atoms with Crippen LogP contribution in [0.2, 0.25) is 0 Å². The van der Waals surface area contributed by atoms with Crippen LogP contribution in [0.5, 0.6) is 0 Å². The molecule has 2 amide bonds. The van der Waals surface area contributed by atoms with Crippen molar-refractivity contribution >= 4 is 17.8 Å². The van der Waals surface area contributed by atoms with Crippen LogP contribution in [0.3, 0.4) is 0 Å². The van der Waals surface area contributed by atoms with Crippen LogP contribution in [0.15, 0.2) is 79.0 Å². The zero-order chi connectivity index (χ0) is 26.5. The quantitative estimate of drug-likeness (QED) is 0.322. The summed E-state index contributed by atoms with van der Waals surface area (Å²) in [5, 5.41) is 2.91. The summed E-state index contributed by atoms with van der Waals surface area (Å²) in [5.41, 5.74) is 5.13. The van der Waals surface area contributed by atoms with Gasteiger partial charge in [-0.2, -0.15) is 0 Å². The average molecular weight is 499 g/mol. The molecule has 190 valence electrons. The Hall–Kier alpha value is -4.26. The molecule has 1 aromatic heterocycles. The van der Waals surface area contributed by atoms with Gasteiger partial charge in [-0.05, 0) is 67.3 Å². The van der Waals surface area contributed by atoms with Gasteiger partial charge in [0.2, 0.25) is 11.9 Å². The van der Waals surface area contributed by atoms with Crippen LogP contribution in [-0.4, -0.2) is 39.4 Å². The molecule has 0 bridgehead atoms. The van der Waals surface area contributed by atoms with E-state index in [9.17, 15) is 14.0 Å². The Morgan fingerprint density at radius 3 is 2.32 bits per heavy atom. The third kappa shape index (κ3) is 6.30. The topological polar surface area (TPSA) is 67.2 Å². The minimum Gasteiger partial charge on any atom is -0.329 e. The number of carbonyl (C=O) groups is 2. The molecule has 4 rings (SSSR count). The van der Waals surface area contributed by atoms with Crippen LogP contribution >= 0.6 is 0 Å². The van der Waals surface area contributed by atoms with Crippen molar-refractivity contribution < 1.29 is 14.0 Å². The maximum absolute atomic E-state index is 13.4. The maximum Gasteiger partial charge on any atom is 0.254 e. The van der Waals surface area contributed by atoms with Crippen molar-refractivity contribution in [3.8, 4) is 16.9 Å². The van der Waals surface area contributed by atoms with Crippen LogP contribution in [-0.2, 0) is 4.79 Å². The first kappa shape index (κ1) is 25.8. The van der Waals surface area contributed by atoms with E-state index in [1.165, 1.54) is 34.7 Å². The second-order valence-electron chi connectivity index (χ2n) is 9.59. The monoisotopic (exact) mass is 498 g/mol. The Labute approximate surface area is 216 Å². The number of imidazole rings is 1. The zero-order valence-corrected chi connectivity index (χ0v) is 21.5. The van der Waals surface area contributed by atoms with Crippen LogP contribution < -0.4 is 5.32 Å². The summed E-state index contributed by atoms with van der Waals surface area (Å²) >= 11 is 0. The lowest BCUT2D eigenvalue weighted by atomic mass is 10.1. The first-order valence-corrected chi connectivity index (χ1v) is 12.3. The number of aryl methyl sites for hydroxylation is 2. The van der Waals surface area contributed by atoms with Gasteiger partial charge >= 0.3 is 0 Å². The van der Waals surface area contributed by atoms with Gasteiger partial charge in [0.15, 0.2) is 0 Å². The predicted octanol–water partition coefficient (Wildman–Crippen LogP) is 6.03. The van der Waals surface area contributed by atoms with Gasteiger partial charge in [0.1, 0.15) is 12.4 Å². The van der Waals surface area contributed by atoms with Crippen molar-refractivity contribution in [2.75, 3.05) is 18.4 Å². The Morgan fingerprint density at radius 1 is 0.973 bits per heavy atom. The van der Waals surface area contributed by atoms with Crippen LogP contribution in [0.4, 0.5) is 10.3 Å². The third-order valence-corrected chi connectivity index (χ3v) is 6.09. The van der Waals surface area contributed by atoms with Gasteiger partial charge < -0.3 is 4.90 Å². The first-order chi connectivity index (χ1) is 17.7. The molecular formula is C30H31FN4O2. The maximum atomic E-state index is 13.4. The molecule has 3 aromatic carbocycles. The standard InChI is InChI=1S/C30H31FN4O2/c1-20(2)17-34(29(37)24-11-13-25(31)14-12-24)19-28(36)33-30-32-27(23-8-6-5-7-9-23)18-35(30)26-15-10-21(3)22(4)16-26/h5-16,18,20H,17,19H2,1-4H3,(H,32,33,36). The fourth-order valence-electron chi connectivity index (χ4n) is 4.06. The Bertz CT molecular complexity index is 1400. The third-order valence-electron chi connectivity index (χ3n) is 6.09. The number of hydrogen-bond donors (Lipinski definition) is 1. The number of nitrogens with zero attached hydrogens (tertiary/aromatic N) is 3. The Morgan fingerprint density at radius 2 is 1.68 bits per heavy atom. The SMILES string of the molecule is Cc1ccc(-n2cc(-c3ccccc3)nc2NC(=O)CN(CC(C)C)C(=O)c2ccc(F)cc2)cc1C. The number of benzene rings is 3. The van der Waals surface area contributed by atoms with Gasteiger partial charge in [-0.25, -0.2) is 9.37 Å². The van der Waals surface area contributed by atoms with Gasteiger partial charge in [0.25, 0.3) is 5.91 Å². The second kappa shape index (κ2) is 11.2. The summed E-state index contributed by atoms with van der Waals surface area (Å²) in [6.45, 7) is 8.26. The zero-order valence-electron chi connectivity index (χ0n) is 21.5. The van der Waals surface area contributed by atoms with E-state index >= 15 is 0 Å². The Balaban J connectivity index is 1.63. The molecule has 0 aliphatic heterocycles. The fraction of sp³-hybridized carbons (Fsp3) is 0.233. The molecule has 7 heteroatoms. The molecule has 37 heavy (non-hydrogen) atoms. The number of rotatable bonds is 8. The number of carbonyl (C=O) groups excluding carboxylic acids is 2. The van der Waals surface area contributed by atoms with Gasteiger partial charge in [0, 0.05) is 29.6 Å². The highest BCUT2D eigenvalue weighted by atomic mass is 19.1. The molecular weight excluding hydrogens is 467 g/mol. The van der Waals surface area contributed by atoms with Gasteiger partial charge in [-0.3, -0.25) is 19.5 Å². The summed E-state index contributed by atoms with van der Waals surface area (Å²) in [7, 11) is 0. The summed E-state index contributed by atoms with van der Waals surface area (Å²) in [4.78, 5) is 32.6. The summed E-state index contributed by atoms with van der Waals surface area (Å²) in [6, 6.07) is 21.2. The molecule has 0 aliphatic carbocycles. The van der Waals surface area contributed by atoms with Crippen molar-refractivity contribution in [2.45, 2.75) is 27.7 Å². The van der Waals surface area contributed by atoms with E-state index in [0.29, 0.717) is 18.1 Å². The van der Waals surface area contributed by atoms with E-state index in [2.05, 4.69) is 5.32 Å². The second-order valence-corrected chi connectivity index (χ2v) is 9.59. The number of halogens is 1. The van der Waals surface area contributed by atoms with E-state index in [0.717, 1.165) is 22.5 Å². The lowest BCUT2D eigenvalue weighted by molar-refractivity contribution is -0.117. The van der Waals surface area contributed by atoms with Crippen LogP contribution in [0.25, 0.3) is 16.9 Å². The van der Waals surface area contributed by atoms with Crippen molar-refractivity contribution in [3.63, 3.8) is 0 Å². The summed E-state index contributed by atoms with van der Waals surface area (Å²) in [6.07, 6.45) is 1.89. The number of aromatic nitrogens is 2. The van der Waals surface area contributed by atoms with E-state index in [1.54, 1.807) is 0 Å². The summed E-state index contributed by atoms with van der Waals surface area (Å²) < 4.78 is 15.2. The number of amides is 2. The van der Waals surface area contributed by atoms with Gasteiger partial charge in [-0.15, -0.1) is 0 Å². The molecule has 0 fully saturated rings. The van der Waals surface area contributed by atoms with Crippen molar-refractivity contribution in [1.82, 2.24) is 14.5 Å². The predicted molar refractivity (Wildman–Crippen MR) is 144 cm³/mol. The number of anilines is 1. The van der Waals surface area contributed by atoms with E-state index < -0.39 is 5.82 Å². The highest BCUT2D eigenvalue weighted by molar-refractivity contribution is 5.99. The van der Waals surface area contributed by atoms with E-state index in [-0.39, 0.29) is 24.3 Å². The highest BCUT2D eigenvalue weighted by Gasteiger charge is 2.22. The minimum atomic E-state index is -0.419. The molecule has 0 atom stereocenters. The van der Waals surface area contributed by atoms with Crippen LogP contribution in [0, 0.1) is 25.6 Å². The van der Waals surface area contributed by atoms with Crippen LogP contribution in [0.1, 0.15) is 35.3 Å². The number of nitrogens with one attached hydrogen (secondary N) is 1. The lowest BCUT2D eigenvalue weighted by Gasteiger charge is -2.24. The minimum absolute atomic E-state index is 0.138. The van der Waals surface area contributed by atoms with E-state index in [4.69, 9.17) is 4.98 Å². The fourth-order valence-corrected chi connectivity index (χ4v) is 4.06. The molecule has 1 heterocycles. The van der Waals surface area contributed by atoms with Crippen molar-refractivity contribution in [2.24, 2.45) is 5.92 Å². The molecule has 6 nitrogen and oxygen atoms in total. The van der Waals surface area contributed by atoms with Gasteiger partial charge in [-0.1, -0.05) is 50.2 Å². The van der Waals surface area contributed by atoms with Crippen molar-refractivity contribution in [3.05, 3.63) is 102 Å². The molecule has 0 saturated carbocycles. The van der Waals surface area contributed by atoms with Gasteiger partial charge in [0.05, 0.1) is 5.69 Å². The molecule has 0 aliphatic rings. The normalized spacial score (nSPS) is 11.0. The molecule has 0 saturated heterocycles. The van der Waals surface area contributed by atoms with Crippen molar-refractivity contribution in [1.29, 1.82) is 0 Å².